The summed E-state index contributed by atoms with van der Waals surface area (Å²) in [5.74, 6) is -1.20. The number of carbonyl (C=O) groups is 2. The smallest absolute Gasteiger partial charge is 0.394 e. The van der Waals surface area contributed by atoms with Crippen LogP contribution in [0.3, 0.4) is 0 Å². The normalized spacial score (nSPS) is 15.5. The number of nitrogens with two attached hydrogens (primary N) is 1. The van der Waals surface area contributed by atoms with Crippen molar-refractivity contribution in [1.82, 2.24) is 30.7 Å². The number of rotatable bonds is 7. The van der Waals surface area contributed by atoms with Gasteiger partial charge in [-0.05, 0) is 53.1 Å². The molecule has 2 amide bonds. The maximum Gasteiger partial charge on any atom is 0.439 e. The molecule has 226 valence electrons. The molecule has 1 aliphatic carbocycles. The van der Waals surface area contributed by atoms with Gasteiger partial charge in [-0.1, -0.05) is 35.5 Å². The number of fused-ring (bicyclic) bond motifs is 2. The lowest BCUT2D eigenvalue weighted by Gasteiger charge is -2.32. The fourth-order valence-electron chi connectivity index (χ4n) is 6.00. The van der Waals surface area contributed by atoms with Crippen molar-refractivity contribution in [3.05, 3.63) is 119 Å². The lowest BCUT2D eigenvalue weighted by Crippen LogP contribution is -2.44. The Morgan fingerprint density at radius 3 is 2.56 bits per heavy atom. The Balaban J connectivity index is 0.984. The van der Waals surface area contributed by atoms with Gasteiger partial charge in [-0.3, -0.25) is 28.7 Å². The molecule has 14 heteroatoms. The lowest BCUT2D eigenvalue weighted by molar-refractivity contribution is 0.0931. The van der Waals surface area contributed by atoms with Gasteiger partial charge in [0.2, 0.25) is 0 Å². The summed E-state index contributed by atoms with van der Waals surface area (Å²) in [7, 11) is 0. The van der Waals surface area contributed by atoms with Gasteiger partial charge in [0.15, 0.2) is 5.82 Å². The number of anilines is 2. The summed E-state index contributed by atoms with van der Waals surface area (Å²) in [6.45, 7) is 1.23. The highest BCUT2D eigenvalue weighted by Gasteiger charge is 2.28. The maximum absolute atomic E-state index is 13.1. The highest BCUT2D eigenvalue weighted by atomic mass is 16.5. The second-order valence-electron chi connectivity index (χ2n) is 11.1. The Morgan fingerprint density at radius 2 is 1.78 bits per heavy atom. The van der Waals surface area contributed by atoms with Crippen LogP contribution < -0.4 is 37.9 Å². The number of aromatic amines is 1. The highest BCUT2D eigenvalue weighted by Crippen LogP contribution is 2.33. The molecule has 3 heterocycles. The van der Waals surface area contributed by atoms with Crippen molar-refractivity contribution in [3.8, 4) is 11.4 Å². The number of hydrogen-bond donors (Lipinski definition) is 4. The van der Waals surface area contributed by atoms with Crippen molar-refractivity contribution >= 4 is 23.2 Å². The molecule has 0 radical (unpaired) electrons. The van der Waals surface area contributed by atoms with Gasteiger partial charge in [-0.15, -0.1) is 0 Å². The number of nitrogens with one attached hydrogen (secondary N) is 3. The minimum absolute atomic E-state index is 0.00940. The summed E-state index contributed by atoms with van der Waals surface area (Å²) in [5.41, 5.74) is 10.6. The third-order valence-electron chi connectivity index (χ3n) is 8.35. The van der Waals surface area contributed by atoms with Crippen LogP contribution in [0.1, 0.15) is 61.3 Å². The molecule has 2 aromatic heterocycles. The van der Waals surface area contributed by atoms with E-state index in [0.717, 1.165) is 34.2 Å². The Labute approximate surface area is 254 Å². The minimum atomic E-state index is -0.639. The minimum Gasteiger partial charge on any atom is -0.394 e. The first-order valence-corrected chi connectivity index (χ1v) is 14.3. The van der Waals surface area contributed by atoms with Crippen LogP contribution in [0.5, 0.6) is 0 Å². The third kappa shape index (κ3) is 5.15. The summed E-state index contributed by atoms with van der Waals surface area (Å²) in [6, 6.07) is 12.6. The van der Waals surface area contributed by atoms with Crippen LogP contribution in [0.4, 0.5) is 11.4 Å². The van der Waals surface area contributed by atoms with Crippen molar-refractivity contribution in [1.29, 1.82) is 0 Å². The number of amides is 2. The fraction of sp³-hybridized carbons (Fsp3) is 0.226. The second-order valence-corrected chi connectivity index (χ2v) is 11.1. The van der Waals surface area contributed by atoms with Gasteiger partial charge in [-0.2, -0.15) is 0 Å². The first kappa shape index (κ1) is 27.9. The molecule has 0 bridgehead atoms. The molecular formula is C31H26N8O6. The van der Waals surface area contributed by atoms with Crippen molar-refractivity contribution < 1.29 is 14.1 Å². The van der Waals surface area contributed by atoms with Gasteiger partial charge < -0.3 is 21.3 Å². The number of nitrogens with zero attached hydrogens (tertiary/aromatic N) is 4. The number of aryl methyl sites for hydroxylation is 1. The summed E-state index contributed by atoms with van der Waals surface area (Å²) in [6.07, 6.45) is 3.27. The second kappa shape index (κ2) is 11.0. The van der Waals surface area contributed by atoms with Crippen LogP contribution in [0.15, 0.2) is 67.7 Å². The van der Waals surface area contributed by atoms with Crippen LogP contribution in [-0.2, 0) is 25.9 Å². The Bertz CT molecular complexity index is 2130. The first-order valence-electron chi connectivity index (χ1n) is 14.3. The van der Waals surface area contributed by atoms with E-state index >= 15 is 0 Å². The zero-order valence-corrected chi connectivity index (χ0v) is 23.8. The molecule has 1 atom stereocenters. The number of nitrogen functional groups attached to an aromatic ring is 1. The molecule has 14 nitrogen and oxygen atoms in total. The Hall–Kier alpha value is -5.92. The van der Waals surface area contributed by atoms with Gasteiger partial charge >= 0.3 is 5.76 Å². The Morgan fingerprint density at radius 1 is 0.956 bits per heavy atom. The van der Waals surface area contributed by atoms with Crippen LogP contribution in [0.25, 0.3) is 11.4 Å². The summed E-state index contributed by atoms with van der Waals surface area (Å²) >= 11 is 0. The van der Waals surface area contributed by atoms with E-state index in [0.29, 0.717) is 37.3 Å². The topological polar surface area (TPSA) is 206 Å². The van der Waals surface area contributed by atoms with Crippen LogP contribution in [0, 0.1) is 0 Å². The van der Waals surface area contributed by atoms with E-state index in [-0.39, 0.29) is 35.3 Å². The van der Waals surface area contributed by atoms with Crippen molar-refractivity contribution in [2.45, 2.75) is 38.4 Å². The van der Waals surface area contributed by atoms with Gasteiger partial charge in [-0.25, -0.2) is 14.8 Å². The number of benzene rings is 2. The summed E-state index contributed by atoms with van der Waals surface area (Å²) in [5, 5.41) is 9.54. The predicted molar refractivity (Wildman–Crippen MR) is 161 cm³/mol. The Kier molecular flexibility index (Phi) is 6.80. The molecule has 0 saturated heterocycles. The number of aromatic nitrogens is 4. The largest absolute Gasteiger partial charge is 0.439 e. The average molecular weight is 607 g/mol. The molecule has 45 heavy (non-hydrogen) atoms. The zero-order valence-electron chi connectivity index (χ0n) is 23.8. The molecule has 2 aliphatic rings. The SMILES string of the molecule is Nc1c(N2CCc3ccc(CNC(=O)c4cc(C(=O)NC5CCc6cc(-c7noc(=O)[nH]7)ccc65)ncn4)cc3C2)c(=O)c1=O. The van der Waals surface area contributed by atoms with Gasteiger partial charge in [0.05, 0.1) is 6.04 Å². The van der Waals surface area contributed by atoms with E-state index in [1.54, 1.807) is 6.07 Å². The zero-order chi connectivity index (χ0) is 31.2. The predicted octanol–water partition coefficient (Wildman–Crippen LogP) is 0.908. The van der Waals surface area contributed by atoms with Gasteiger partial charge in [0, 0.05) is 31.3 Å². The standard InChI is InChI=1S/C31H26N8O6/c32-24-25(27(41)26(24)40)39-8-7-16-2-1-15(9-19(16)13-39)12-33-29(42)22-11-23(35-14-34-22)30(43)36-21-6-4-17-10-18(3-5-20(17)21)28-37-31(44)45-38-28/h1-3,5,9-11,14,21H,4,6-8,12-13,32H2,(H,33,42)(H,36,43)(H,37,38,44). The van der Waals surface area contributed by atoms with E-state index in [1.165, 1.54) is 12.4 Å². The van der Waals surface area contributed by atoms with Crippen LogP contribution in [-0.4, -0.2) is 38.5 Å². The molecule has 1 unspecified atom stereocenters. The van der Waals surface area contributed by atoms with E-state index in [2.05, 4.69) is 35.3 Å². The average Bonchev–Trinajstić information content (AvgIpc) is 3.68. The molecule has 5 aromatic rings. The van der Waals surface area contributed by atoms with Crippen molar-refractivity contribution in [3.63, 3.8) is 0 Å². The number of hydrogen-bond acceptors (Lipinski definition) is 11. The molecule has 0 fully saturated rings. The van der Waals surface area contributed by atoms with Gasteiger partial charge in [0.1, 0.15) is 29.1 Å². The first-order chi connectivity index (χ1) is 21.7. The van der Waals surface area contributed by atoms with Crippen LogP contribution in [0.2, 0.25) is 0 Å². The van der Waals surface area contributed by atoms with Crippen LogP contribution >= 0.6 is 0 Å². The van der Waals surface area contributed by atoms with Crippen molar-refractivity contribution in [2.24, 2.45) is 0 Å². The third-order valence-corrected chi connectivity index (χ3v) is 8.35. The monoisotopic (exact) mass is 606 g/mol. The lowest BCUT2D eigenvalue weighted by atomic mass is 9.96. The summed E-state index contributed by atoms with van der Waals surface area (Å²) < 4.78 is 4.59. The molecule has 7 rings (SSSR count). The van der Waals surface area contributed by atoms with Crippen molar-refractivity contribution in [2.75, 3.05) is 17.2 Å². The fourth-order valence-corrected chi connectivity index (χ4v) is 6.00. The molecule has 5 N–H and O–H groups in total. The molecule has 0 saturated carbocycles. The number of H-pyrrole nitrogens is 1. The summed E-state index contributed by atoms with van der Waals surface area (Å²) in [4.78, 5) is 73.4. The van der Waals surface area contributed by atoms with E-state index in [1.807, 2.05) is 35.2 Å². The van der Waals surface area contributed by atoms with E-state index in [4.69, 9.17) is 5.73 Å². The maximum atomic E-state index is 13.1. The van der Waals surface area contributed by atoms with E-state index in [9.17, 15) is 24.0 Å². The molecule has 1 aliphatic heterocycles. The van der Waals surface area contributed by atoms with E-state index < -0.39 is 28.4 Å². The molecule has 0 spiro atoms. The molecule has 3 aromatic carbocycles. The quantitative estimate of drug-likeness (QED) is 0.192. The molecular weight excluding hydrogens is 580 g/mol. The number of carbonyl (C=O) groups excluding carboxylic acids is 2. The highest BCUT2D eigenvalue weighted by molar-refractivity contribution is 5.97. The van der Waals surface area contributed by atoms with Gasteiger partial charge in [0.25, 0.3) is 22.7 Å².